The summed E-state index contributed by atoms with van der Waals surface area (Å²) in [6, 6.07) is 0. The van der Waals surface area contributed by atoms with E-state index in [1.807, 2.05) is 0 Å². The van der Waals surface area contributed by atoms with Crippen molar-refractivity contribution in [2.24, 2.45) is 0 Å². The summed E-state index contributed by atoms with van der Waals surface area (Å²) in [4.78, 5) is 0. The van der Waals surface area contributed by atoms with Gasteiger partial charge in [0.1, 0.15) is 24.4 Å². The van der Waals surface area contributed by atoms with Crippen molar-refractivity contribution in [1.82, 2.24) is 0 Å². The second-order valence-electron chi connectivity index (χ2n) is 8.45. The van der Waals surface area contributed by atoms with Crippen LogP contribution in [0.5, 0.6) is 0 Å². The van der Waals surface area contributed by atoms with E-state index in [0.29, 0.717) is 0 Å². The van der Waals surface area contributed by atoms with Crippen LogP contribution in [0.2, 0.25) is 0 Å². The van der Waals surface area contributed by atoms with Crippen LogP contribution in [0.15, 0.2) is 0 Å². The first-order valence-corrected chi connectivity index (χ1v) is 10.9. The number of hydrogen-bond donors (Lipinski definition) is 0. The van der Waals surface area contributed by atoms with E-state index in [2.05, 4.69) is 8.92 Å². The maximum atomic E-state index is 14.2. The first kappa shape index (κ1) is 27.7. The first-order chi connectivity index (χ1) is 15.1. The predicted octanol–water partition coefficient (Wildman–Crippen LogP) is 2.79. The smallest absolute Gasteiger partial charge is 0.348 e. The summed E-state index contributed by atoms with van der Waals surface area (Å²) in [6.07, 6.45) is -25.7. The average Bonchev–Trinajstić information content (AvgIpc) is 3.23. The van der Waals surface area contributed by atoms with Crippen LogP contribution in [0.4, 0.5) is 35.1 Å². The molecule has 3 heterocycles. The Labute approximate surface area is 187 Å². The maximum Gasteiger partial charge on any atom is 0.460 e. The molecule has 9 nitrogen and oxygen atoms in total. The van der Waals surface area contributed by atoms with E-state index in [4.69, 9.17) is 23.7 Å². The molecule has 0 amide bonds. The normalized spacial score (nSPS) is 34.1. The largest absolute Gasteiger partial charge is 0.460 e. The fourth-order valence-corrected chi connectivity index (χ4v) is 4.38. The van der Waals surface area contributed by atoms with Gasteiger partial charge >= 0.3 is 34.0 Å². The van der Waals surface area contributed by atoms with Crippen LogP contribution in [-0.4, -0.2) is 81.2 Å². The maximum absolute atomic E-state index is 14.2. The molecule has 5 atom stereocenters. The van der Waals surface area contributed by atoms with Gasteiger partial charge in [0, 0.05) is 0 Å². The zero-order valence-corrected chi connectivity index (χ0v) is 18.6. The van der Waals surface area contributed by atoms with Gasteiger partial charge in [-0.25, -0.2) is 13.5 Å². The molecule has 3 rings (SSSR count). The zero-order valence-electron chi connectivity index (χ0n) is 17.8. The highest BCUT2D eigenvalue weighted by Crippen LogP contribution is 2.48. The molecule has 3 saturated heterocycles. The van der Waals surface area contributed by atoms with Gasteiger partial charge in [-0.2, -0.15) is 34.8 Å². The number of halogens is 8. The fourth-order valence-electron chi connectivity index (χ4n) is 3.42. The van der Waals surface area contributed by atoms with E-state index < -0.39 is 76.3 Å². The minimum Gasteiger partial charge on any atom is -0.348 e. The Morgan fingerprint density at radius 1 is 0.912 bits per heavy atom. The van der Waals surface area contributed by atoms with E-state index in [0.717, 1.165) is 0 Å². The molecular weight excluding hydrogens is 520 g/mol. The molecule has 0 aromatic rings. The Morgan fingerprint density at radius 3 is 2.00 bits per heavy atom. The number of rotatable bonds is 8. The first-order valence-electron chi connectivity index (χ1n) is 9.48. The highest BCUT2D eigenvalue weighted by molar-refractivity contribution is 7.87. The summed E-state index contributed by atoms with van der Waals surface area (Å²) in [7, 11) is -6.86. The van der Waals surface area contributed by atoms with Crippen molar-refractivity contribution in [3.63, 3.8) is 0 Å². The number of ether oxygens (including phenoxy) is 6. The molecular formula is C16H20F8O9S. The Hall–Kier alpha value is -0.890. The topological polar surface area (TPSA) is 98.8 Å². The van der Waals surface area contributed by atoms with Crippen LogP contribution < -0.4 is 0 Å². The van der Waals surface area contributed by atoms with Crippen molar-refractivity contribution >= 4 is 10.1 Å². The second-order valence-corrected chi connectivity index (χ2v) is 10.1. The summed E-state index contributed by atoms with van der Waals surface area (Å²) in [6.45, 7) is 5.27. The van der Waals surface area contributed by atoms with Crippen LogP contribution >= 0.6 is 0 Å². The Morgan fingerprint density at radius 2 is 1.50 bits per heavy atom. The number of fused-ring (bicyclic) bond motifs is 1. The zero-order chi connectivity index (χ0) is 26.1. The summed E-state index contributed by atoms with van der Waals surface area (Å²) in [5.41, 5.74) is 0. The third-order valence-corrected chi connectivity index (χ3v) is 6.17. The Kier molecular flexibility index (Phi) is 6.78. The lowest BCUT2D eigenvalue weighted by molar-refractivity contribution is -0.436. The van der Waals surface area contributed by atoms with Crippen molar-refractivity contribution in [1.29, 1.82) is 0 Å². The Bertz CT molecular complexity index is 882. The van der Waals surface area contributed by atoms with Crippen molar-refractivity contribution in [2.45, 2.75) is 93.9 Å². The van der Waals surface area contributed by atoms with E-state index in [9.17, 15) is 43.5 Å². The molecule has 0 bridgehead atoms. The van der Waals surface area contributed by atoms with Crippen molar-refractivity contribution in [2.75, 3.05) is 6.61 Å². The fraction of sp³-hybridized carbons (Fsp3) is 1.00. The van der Waals surface area contributed by atoms with Gasteiger partial charge in [0.15, 0.2) is 17.9 Å². The molecule has 34 heavy (non-hydrogen) atoms. The second kappa shape index (κ2) is 8.32. The van der Waals surface area contributed by atoms with Crippen molar-refractivity contribution < 1.29 is 76.1 Å². The van der Waals surface area contributed by atoms with Gasteiger partial charge in [-0.1, -0.05) is 0 Å². The van der Waals surface area contributed by atoms with E-state index in [-0.39, 0.29) is 6.61 Å². The van der Waals surface area contributed by atoms with E-state index in [1.165, 1.54) is 27.7 Å². The molecule has 0 spiro atoms. The van der Waals surface area contributed by atoms with Crippen LogP contribution in [-0.2, 0) is 42.7 Å². The SMILES string of the molecule is CC1(C)OCC([C@H]2O[C@@H]3OC(C)(C)OC3C2OS(=O)(=O)C(F)(F)C(F)(F)OC(F)(F)C(F)F)O1. The highest BCUT2D eigenvalue weighted by atomic mass is 32.2. The van der Waals surface area contributed by atoms with E-state index >= 15 is 0 Å². The minimum absolute atomic E-state index is 0.281. The van der Waals surface area contributed by atoms with Crippen molar-refractivity contribution in [3.05, 3.63) is 0 Å². The summed E-state index contributed by atoms with van der Waals surface area (Å²) in [5.74, 6) is -2.69. The molecule has 3 aliphatic heterocycles. The lowest BCUT2D eigenvalue weighted by Crippen LogP contribution is -2.55. The van der Waals surface area contributed by atoms with Gasteiger partial charge in [0.2, 0.25) is 0 Å². The molecule has 3 fully saturated rings. The summed E-state index contributed by atoms with van der Waals surface area (Å²) in [5, 5.41) is -6.55. The molecule has 0 saturated carbocycles. The number of alkyl halides is 8. The van der Waals surface area contributed by atoms with Gasteiger partial charge < -0.3 is 23.7 Å². The lowest BCUT2D eigenvalue weighted by atomic mass is 10.1. The number of hydrogen-bond acceptors (Lipinski definition) is 9. The molecule has 3 aliphatic rings. The third kappa shape index (κ3) is 5.00. The van der Waals surface area contributed by atoms with E-state index in [1.54, 1.807) is 0 Å². The minimum atomic E-state index is -6.86. The van der Waals surface area contributed by atoms with Crippen LogP contribution in [0, 0.1) is 0 Å². The quantitative estimate of drug-likeness (QED) is 0.340. The van der Waals surface area contributed by atoms with Gasteiger partial charge in [-0.05, 0) is 27.7 Å². The molecule has 3 unspecified atom stereocenters. The molecule has 0 aromatic heterocycles. The molecule has 0 N–H and O–H groups in total. The van der Waals surface area contributed by atoms with Gasteiger partial charge in [-0.3, -0.25) is 4.18 Å². The molecule has 200 valence electrons. The van der Waals surface area contributed by atoms with Crippen LogP contribution in [0.3, 0.4) is 0 Å². The standard InChI is InChI=1S/C16H20F8O9S/c1-12(2)27-5-6(29-12)7-8(9-10(28-7)31-13(3,4)30-9)32-34(25,26)16(23,24)15(21,22)33-14(19,20)11(17)18/h6-11H,5H2,1-4H3/t6?,7-,8?,9?,10-/m1/s1. The highest BCUT2D eigenvalue weighted by Gasteiger charge is 2.73. The molecule has 0 aliphatic carbocycles. The van der Waals surface area contributed by atoms with Gasteiger partial charge in [0.25, 0.3) is 0 Å². The molecule has 0 aromatic carbocycles. The van der Waals surface area contributed by atoms with Gasteiger partial charge in [-0.15, -0.1) is 0 Å². The summed E-state index contributed by atoms with van der Waals surface area (Å²) >= 11 is 0. The van der Waals surface area contributed by atoms with Gasteiger partial charge in [0.05, 0.1) is 6.61 Å². The third-order valence-electron chi connectivity index (χ3n) is 4.83. The predicted molar refractivity (Wildman–Crippen MR) is 89.3 cm³/mol. The average molecular weight is 540 g/mol. The molecule has 18 heteroatoms. The monoisotopic (exact) mass is 540 g/mol. The van der Waals surface area contributed by atoms with Crippen LogP contribution in [0.1, 0.15) is 27.7 Å². The summed E-state index contributed by atoms with van der Waals surface area (Å²) < 4.78 is 164. The molecule has 0 radical (unpaired) electrons. The van der Waals surface area contributed by atoms with Crippen molar-refractivity contribution in [3.8, 4) is 0 Å². The Balaban J connectivity index is 1.89. The lowest BCUT2D eigenvalue weighted by Gasteiger charge is -2.31. The van der Waals surface area contributed by atoms with Crippen LogP contribution in [0.25, 0.3) is 0 Å².